The van der Waals surface area contributed by atoms with Gasteiger partial charge in [0.05, 0.1) is 0 Å². The Labute approximate surface area is 155 Å². The van der Waals surface area contributed by atoms with Crippen LogP contribution in [0, 0.1) is 29.6 Å². The summed E-state index contributed by atoms with van der Waals surface area (Å²) in [4.78, 5) is 0. The van der Waals surface area contributed by atoms with Crippen molar-refractivity contribution in [2.24, 2.45) is 29.6 Å². The summed E-state index contributed by atoms with van der Waals surface area (Å²) in [6, 6.07) is 0. The van der Waals surface area contributed by atoms with E-state index < -0.39 is 0 Å². The monoisotopic (exact) mass is 338 g/mol. The van der Waals surface area contributed by atoms with Gasteiger partial charge in [-0.3, -0.25) is 0 Å². The van der Waals surface area contributed by atoms with Crippen molar-refractivity contribution in [1.82, 2.24) is 0 Å². The van der Waals surface area contributed by atoms with Crippen LogP contribution >= 0.6 is 0 Å². The SMILES string of the molecule is CCCCCC(C)CC(CCC)CCCC(C)C(CC)CC(C)C. The van der Waals surface area contributed by atoms with Crippen molar-refractivity contribution >= 4 is 0 Å². The van der Waals surface area contributed by atoms with E-state index in [4.69, 9.17) is 0 Å². The van der Waals surface area contributed by atoms with Gasteiger partial charge in [-0.1, -0.05) is 113 Å². The second-order valence-corrected chi connectivity index (χ2v) is 9.20. The maximum absolute atomic E-state index is 2.51. The summed E-state index contributed by atoms with van der Waals surface area (Å²) in [6.07, 6.45) is 17.2. The second kappa shape index (κ2) is 15.3. The van der Waals surface area contributed by atoms with Crippen LogP contribution in [0.4, 0.5) is 0 Å². The molecule has 24 heavy (non-hydrogen) atoms. The van der Waals surface area contributed by atoms with Crippen LogP contribution in [0.5, 0.6) is 0 Å². The van der Waals surface area contributed by atoms with Crippen molar-refractivity contribution in [2.45, 2.75) is 126 Å². The number of unbranched alkanes of at least 4 members (excludes halogenated alkanes) is 2. The van der Waals surface area contributed by atoms with Crippen molar-refractivity contribution in [1.29, 1.82) is 0 Å². The van der Waals surface area contributed by atoms with Gasteiger partial charge >= 0.3 is 0 Å². The van der Waals surface area contributed by atoms with Crippen LogP contribution in [0.3, 0.4) is 0 Å². The zero-order valence-corrected chi connectivity index (χ0v) is 18.4. The lowest BCUT2D eigenvalue weighted by Gasteiger charge is -2.26. The lowest BCUT2D eigenvalue weighted by atomic mass is 9.80. The van der Waals surface area contributed by atoms with Gasteiger partial charge in [0, 0.05) is 0 Å². The molecule has 0 heterocycles. The van der Waals surface area contributed by atoms with Gasteiger partial charge in [0.1, 0.15) is 0 Å². The summed E-state index contributed by atoms with van der Waals surface area (Å²) in [5, 5.41) is 0. The summed E-state index contributed by atoms with van der Waals surface area (Å²) in [5.41, 5.74) is 0. The molecule has 0 spiro atoms. The molecule has 0 heteroatoms. The van der Waals surface area contributed by atoms with E-state index in [1.807, 2.05) is 0 Å². The molecule has 0 aromatic carbocycles. The third-order valence-corrected chi connectivity index (χ3v) is 6.11. The molecule has 0 saturated carbocycles. The predicted octanol–water partition coefficient (Wildman–Crippen LogP) is 8.89. The van der Waals surface area contributed by atoms with Crippen molar-refractivity contribution in [3.05, 3.63) is 0 Å². The van der Waals surface area contributed by atoms with Crippen LogP contribution in [-0.4, -0.2) is 0 Å². The number of hydrogen-bond acceptors (Lipinski definition) is 0. The van der Waals surface area contributed by atoms with Gasteiger partial charge in [0.25, 0.3) is 0 Å². The molecule has 0 aromatic rings. The maximum atomic E-state index is 2.51. The van der Waals surface area contributed by atoms with E-state index in [0.717, 1.165) is 29.6 Å². The minimum Gasteiger partial charge on any atom is -0.0654 e. The Bertz CT molecular complexity index is 255. The second-order valence-electron chi connectivity index (χ2n) is 9.20. The molecule has 146 valence electrons. The van der Waals surface area contributed by atoms with E-state index in [1.54, 1.807) is 0 Å². The van der Waals surface area contributed by atoms with Gasteiger partial charge in [0.2, 0.25) is 0 Å². The standard InChI is InChI=1S/C24H50/c1-8-11-12-15-21(6)19-23(14-9-2)17-13-16-22(7)24(10-3)18-20(4)5/h20-24H,8-19H2,1-7H3. The van der Waals surface area contributed by atoms with Gasteiger partial charge < -0.3 is 0 Å². The lowest BCUT2D eigenvalue weighted by Crippen LogP contribution is -2.14. The third-order valence-electron chi connectivity index (χ3n) is 6.11. The summed E-state index contributed by atoms with van der Waals surface area (Å²) in [5.74, 6) is 4.65. The highest BCUT2D eigenvalue weighted by atomic mass is 14.2. The van der Waals surface area contributed by atoms with Crippen molar-refractivity contribution in [3.8, 4) is 0 Å². The molecule has 0 radical (unpaired) electrons. The zero-order valence-electron chi connectivity index (χ0n) is 18.4. The summed E-state index contributed by atoms with van der Waals surface area (Å²) in [7, 11) is 0. The molecular weight excluding hydrogens is 288 g/mol. The van der Waals surface area contributed by atoms with E-state index in [1.165, 1.54) is 77.0 Å². The van der Waals surface area contributed by atoms with Gasteiger partial charge in [-0.2, -0.15) is 0 Å². The van der Waals surface area contributed by atoms with Crippen LogP contribution in [0.25, 0.3) is 0 Å². The quantitative estimate of drug-likeness (QED) is 0.246. The van der Waals surface area contributed by atoms with Crippen molar-refractivity contribution < 1.29 is 0 Å². The molecule has 0 saturated heterocycles. The van der Waals surface area contributed by atoms with Gasteiger partial charge in [-0.05, 0) is 42.4 Å². The summed E-state index contributed by atoms with van der Waals surface area (Å²) < 4.78 is 0. The first-order chi connectivity index (χ1) is 11.4. The number of hydrogen-bond donors (Lipinski definition) is 0. The topological polar surface area (TPSA) is 0 Å². The Morgan fingerprint density at radius 2 is 1.33 bits per heavy atom. The largest absolute Gasteiger partial charge is 0.0654 e. The lowest BCUT2D eigenvalue weighted by molar-refractivity contribution is 0.257. The van der Waals surface area contributed by atoms with Crippen LogP contribution in [0.15, 0.2) is 0 Å². The molecule has 0 rings (SSSR count). The molecule has 4 atom stereocenters. The summed E-state index contributed by atoms with van der Waals surface area (Å²) in [6.45, 7) is 16.8. The molecule has 0 amide bonds. The van der Waals surface area contributed by atoms with E-state index >= 15 is 0 Å². The van der Waals surface area contributed by atoms with E-state index in [-0.39, 0.29) is 0 Å². The first-order valence-electron chi connectivity index (χ1n) is 11.4. The highest BCUT2D eigenvalue weighted by molar-refractivity contribution is 4.70. The molecule has 0 bridgehead atoms. The van der Waals surface area contributed by atoms with E-state index in [2.05, 4.69) is 48.5 Å². The van der Waals surface area contributed by atoms with Crippen LogP contribution < -0.4 is 0 Å². The first-order valence-corrected chi connectivity index (χ1v) is 11.4. The van der Waals surface area contributed by atoms with Crippen LogP contribution in [-0.2, 0) is 0 Å². The Kier molecular flexibility index (Phi) is 15.3. The molecule has 0 nitrogen and oxygen atoms in total. The van der Waals surface area contributed by atoms with Gasteiger partial charge in [-0.25, -0.2) is 0 Å². The fourth-order valence-electron chi connectivity index (χ4n) is 4.59. The molecule has 0 N–H and O–H groups in total. The fourth-order valence-corrected chi connectivity index (χ4v) is 4.59. The molecule has 0 aliphatic rings. The molecule has 0 aliphatic carbocycles. The minimum absolute atomic E-state index is 0.856. The van der Waals surface area contributed by atoms with Gasteiger partial charge in [0.15, 0.2) is 0 Å². The smallest absolute Gasteiger partial charge is 0.0389 e. The van der Waals surface area contributed by atoms with Crippen molar-refractivity contribution in [3.63, 3.8) is 0 Å². The molecule has 0 aliphatic heterocycles. The molecular formula is C24H50. The van der Waals surface area contributed by atoms with Crippen molar-refractivity contribution in [2.75, 3.05) is 0 Å². The fraction of sp³-hybridized carbons (Fsp3) is 1.00. The Hall–Kier alpha value is 0. The van der Waals surface area contributed by atoms with Crippen LogP contribution in [0.1, 0.15) is 126 Å². The molecule has 0 aromatic heterocycles. The highest BCUT2D eigenvalue weighted by Crippen LogP contribution is 2.30. The molecule has 0 fully saturated rings. The Morgan fingerprint density at radius 3 is 1.88 bits per heavy atom. The maximum Gasteiger partial charge on any atom is -0.0389 e. The Morgan fingerprint density at radius 1 is 0.625 bits per heavy atom. The zero-order chi connectivity index (χ0) is 18.4. The minimum atomic E-state index is 0.856. The highest BCUT2D eigenvalue weighted by Gasteiger charge is 2.18. The van der Waals surface area contributed by atoms with E-state index in [0.29, 0.717) is 0 Å². The van der Waals surface area contributed by atoms with E-state index in [9.17, 15) is 0 Å². The molecule has 4 unspecified atom stereocenters. The van der Waals surface area contributed by atoms with Gasteiger partial charge in [-0.15, -0.1) is 0 Å². The average molecular weight is 339 g/mol. The predicted molar refractivity (Wildman–Crippen MR) is 113 cm³/mol. The summed E-state index contributed by atoms with van der Waals surface area (Å²) >= 11 is 0. The third kappa shape index (κ3) is 12.4. The normalized spacial score (nSPS) is 17.0. The average Bonchev–Trinajstić information content (AvgIpc) is 2.52. The first kappa shape index (κ1) is 24.0. The van der Waals surface area contributed by atoms with Crippen LogP contribution in [0.2, 0.25) is 0 Å². The Balaban J connectivity index is 4.14. The number of rotatable bonds is 16.